The Labute approximate surface area is 178 Å². The summed E-state index contributed by atoms with van der Waals surface area (Å²) >= 11 is 0. The van der Waals surface area contributed by atoms with Gasteiger partial charge < -0.3 is 14.4 Å². The number of methoxy groups -OCH3 is 1. The number of carbonyl (C=O) groups excluding carboxylic acids is 1. The molecule has 0 N–H and O–H groups in total. The fraction of sp³-hybridized carbons (Fsp3) is 0.440. The first-order chi connectivity index (χ1) is 14.5. The molecule has 5 nitrogen and oxygen atoms in total. The van der Waals surface area contributed by atoms with Gasteiger partial charge in [-0.3, -0.25) is 9.78 Å². The zero-order valence-corrected chi connectivity index (χ0v) is 18.1. The van der Waals surface area contributed by atoms with E-state index in [1.807, 2.05) is 37.1 Å². The molecule has 0 radical (unpaired) electrons. The van der Waals surface area contributed by atoms with Crippen molar-refractivity contribution in [3.8, 4) is 22.6 Å². The summed E-state index contributed by atoms with van der Waals surface area (Å²) in [6.45, 7) is 5.40. The molecule has 5 heteroatoms. The molecule has 2 aromatic rings. The van der Waals surface area contributed by atoms with Crippen molar-refractivity contribution in [1.82, 2.24) is 9.88 Å². The zero-order valence-electron chi connectivity index (χ0n) is 18.1. The lowest BCUT2D eigenvalue weighted by Gasteiger charge is -2.33. The maximum Gasteiger partial charge on any atom is 0.225 e. The summed E-state index contributed by atoms with van der Waals surface area (Å²) in [5.41, 5.74) is 4.52. The topological polar surface area (TPSA) is 51.7 Å². The monoisotopic (exact) mass is 406 g/mol. The van der Waals surface area contributed by atoms with E-state index in [1.165, 1.54) is 5.56 Å². The van der Waals surface area contributed by atoms with Gasteiger partial charge in [0.15, 0.2) is 11.5 Å². The van der Waals surface area contributed by atoms with Crippen molar-refractivity contribution in [2.24, 2.45) is 5.92 Å². The van der Waals surface area contributed by atoms with Gasteiger partial charge in [0.25, 0.3) is 0 Å². The Bertz CT molecular complexity index is 943. The van der Waals surface area contributed by atoms with Gasteiger partial charge in [-0.2, -0.15) is 0 Å². The number of rotatable bonds is 5. The molecule has 0 unspecified atom stereocenters. The van der Waals surface area contributed by atoms with Gasteiger partial charge in [0.05, 0.1) is 12.8 Å². The highest BCUT2D eigenvalue weighted by molar-refractivity contribution is 5.78. The number of allylic oxidation sites excluding steroid dienone is 1. The van der Waals surface area contributed by atoms with E-state index < -0.39 is 0 Å². The van der Waals surface area contributed by atoms with Crippen LogP contribution in [0.5, 0.6) is 11.5 Å². The van der Waals surface area contributed by atoms with Crippen molar-refractivity contribution in [3.05, 3.63) is 47.8 Å². The van der Waals surface area contributed by atoms with Crippen molar-refractivity contribution < 1.29 is 14.3 Å². The van der Waals surface area contributed by atoms with Crippen LogP contribution in [-0.2, 0) is 11.2 Å². The van der Waals surface area contributed by atoms with E-state index in [-0.39, 0.29) is 17.9 Å². The number of hydrogen-bond acceptors (Lipinski definition) is 4. The maximum absolute atomic E-state index is 12.2. The number of piperidine rings is 1. The highest BCUT2D eigenvalue weighted by Crippen LogP contribution is 2.35. The molecule has 1 aliphatic heterocycles. The number of nitrogens with zero attached hydrogens (tertiary/aromatic N) is 2. The molecule has 158 valence electrons. The van der Waals surface area contributed by atoms with Crippen molar-refractivity contribution >= 4 is 12.0 Å². The molecule has 0 atom stereocenters. The molecule has 2 aliphatic rings. The second-order valence-corrected chi connectivity index (χ2v) is 8.37. The van der Waals surface area contributed by atoms with Crippen LogP contribution >= 0.6 is 0 Å². The average molecular weight is 407 g/mol. The molecular weight excluding hydrogens is 376 g/mol. The molecule has 0 bridgehead atoms. The molecule has 0 spiro atoms. The first-order valence-corrected chi connectivity index (χ1v) is 10.8. The summed E-state index contributed by atoms with van der Waals surface area (Å²) in [7, 11) is 1.67. The zero-order chi connectivity index (χ0) is 21.1. The highest BCUT2D eigenvalue weighted by Gasteiger charge is 2.26. The van der Waals surface area contributed by atoms with Crippen LogP contribution < -0.4 is 9.47 Å². The molecule has 30 heavy (non-hydrogen) atoms. The Balaban J connectivity index is 1.46. The van der Waals surface area contributed by atoms with Crippen molar-refractivity contribution in [3.63, 3.8) is 0 Å². The Morgan fingerprint density at radius 1 is 1.13 bits per heavy atom. The van der Waals surface area contributed by atoms with E-state index in [1.54, 1.807) is 7.11 Å². The number of aromatic nitrogens is 1. The standard InChI is InChI=1S/C25H30N2O3/c1-17(2)25(28)27-12-10-21(11-13-27)30-23-9-8-18(15-24(23)29-3)20-14-19-6-4-5-7-22(19)26-16-20/h5,7-9,14-17,21H,4,6,10-13H2,1-3H3. The summed E-state index contributed by atoms with van der Waals surface area (Å²) in [4.78, 5) is 18.7. The first-order valence-electron chi connectivity index (χ1n) is 10.8. The fourth-order valence-electron chi connectivity index (χ4n) is 4.15. The summed E-state index contributed by atoms with van der Waals surface area (Å²) in [6.07, 6.45) is 10.1. The van der Waals surface area contributed by atoms with Gasteiger partial charge in [-0.1, -0.05) is 26.0 Å². The molecule has 2 heterocycles. The number of amides is 1. The quantitative estimate of drug-likeness (QED) is 0.720. The number of carbonyl (C=O) groups is 1. The van der Waals surface area contributed by atoms with Crippen LogP contribution in [-0.4, -0.2) is 42.1 Å². The van der Waals surface area contributed by atoms with Gasteiger partial charge in [-0.25, -0.2) is 0 Å². The van der Waals surface area contributed by atoms with E-state index in [0.717, 1.165) is 67.1 Å². The molecule has 1 amide bonds. The second kappa shape index (κ2) is 8.90. The molecule has 1 saturated heterocycles. The van der Waals surface area contributed by atoms with Crippen LogP contribution in [0.3, 0.4) is 0 Å². The summed E-state index contributed by atoms with van der Waals surface area (Å²) in [5, 5.41) is 0. The minimum atomic E-state index is 0.0456. The summed E-state index contributed by atoms with van der Waals surface area (Å²) in [6, 6.07) is 8.30. The predicted molar refractivity (Wildman–Crippen MR) is 119 cm³/mol. The Kier molecular flexibility index (Phi) is 6.07. The molecule has 4 rings (SSSR count). The van der Waals surface area contributed by atoms with Gasteiger partial charge in [0.1, 0.15) is 6.10 Å². The van der Waals surface area contributed by atoms with Gasteiger partial charge in [0, 0.05) is 43.6 Å². The molecule has 1 aliphatic carbocycles. The van der Waals surface area contributed by atoms with Crippen LogP contribution in [0.4, 0.5) is 0 Å². The number of hydrogen-bond donors (Lipinski definition) is 0. The van der Waals surface area contributed by atoms with Gasteiger partial charge >= 0.3 is 0 Å². The van der Waals surface area contributed by atoms with Gasteiger partial charge in [-0.15, -0.1) is 0 Å². The molecular formula is C25H30N2O3. The third-order valence-electron chi connectivity index (χ3n) is 5.90. The Hall–Kier alpha value is -2.82. The third kappa shape index (κ3) is 4.35. The largest absolute Gasteiger partial charge is 0.493 e. The van der Waals surface area contributed by atoms with E-state index >= 15 is 0 Å². The minimum absolute atomic E-state index is 0.0456. The highest BCUT2D eigenvalue weighted by atomic mass is 16.5. The van der Waals surface area contributed by atoms with Gasteiger partial charge in [0.2, 0.25) is 5.91 Å². The maximum atomic E-state index is 12.2. The Morgan fingerprint density at radius 2 is 1.93 bits per heavy atom. The van der Waals surface area contributed by atoms with Crippen LogP contribution in [0.2, 0.25) is 0 Å². The number of pyridine rings is 1. The smallest absolute Gasteiger partial charge is 0.225 e. The molecule has 1 aromatic carbocycles. The van der Waals surface area contributed by atoms with Crippen LogP contribution in [0.25, 0.3) is 17.2 Å². The number of likely N-dealkylation sites (tertiary alicyclic amines) is 1. The lowest BCUT2D eigenvalue weighted by molar-refractivity contribution is -0.136. The first kappa shape index (κ1) is 20.5. The predicted octanol–water partition coefficient (Wildman–Crippen LogP) is 4.74. The van der Waals surface area contributed by atoms with Crippen molar-refractivity contribution in [2.45, 2.75) is 45.6 Å². The number of aryl methyl sites for hydroxylation is 1. The van der Waals surface area contributed by atoms with Crippen LogP contribution in [0, 0.1) is 5.92 Å². The molecule has 1 fully saturated rings. The lowest BCUT2D eigenvalue weighted by Crippen LogP contribution is -2.43. The summed E-state index contributed by atoms with van der Waals surface area (Å²) in [5.74, 6) is 1.75. The Morgan fingerprint density at radius 3 is 2.67 bits per heavy atom. The van der Waals surface area contributed by atoms with Crippen molar-refractivity contribution in [2.75, 3.05) is 20.2 Å². The molecule has 0 saturated carbocycles. The normalized spacial score (nSPS) is 16.5. The van der Waals surface area contributed by atoms with E-state index in [0.29, 0.717) is 0 Å². The van der Waals surface area contributed by atoms with Gasteiger partial charge in [-0.05, 0) is 48.2 Å². The number of benzene rings is 1. The van der Waals surface area contributed by atoms with Crippen molar-refractivity contribution in [1.29, 1.82) is 0 Å². The van der Waals surface area contributed by atoms with E-state index in [2.05, 4.69) is 29.3 Å². The number of ether oxygens (including phenoxy) is 2. The minimum Gasteiger partial charge on any atom is -0.493 e. The lowest BCUT2D eigenvalue weighted by atomic mass is 9.98. The number of fused-ring (bicyclic) bond motifs is 1. The average Bonchev–Trinajstić information content (AvgIpc) is 2.79. The molecule has 1 aromatic heterocycles. The second-order valence-electron chi connectivity index (χ2n) is 8.37. The summed E-state index contributed by atoms with van der Waals surface area (Å²) < 4.78 is 11.9. The van der Waals surface area contributed by atoms with E-state index in [4.69, 9.17) is 9.47 Å². The van der Waals surface area contributed by atoms with Crippen LogP contribution in [0.15, 0.2) is 36.5 Å². The van der Waals surface area contributed by atoms with E-state index in [9.17, 15) is 4.79 Å². The third-order valence-corrected chi connectivity index (χ3v) is 5.90. The SMILES string of the molecule is COc1cc(-c2cnc3c(c2)CCC=C3)ccc1OC1CCN(C(=O)C(C)C)CC1. The van der Waals surface area contributed by atoms with Crippen LogP contribution in [0.1, 0.15) is 44.4 Å². The fourth-order valence-corrected chi connectivity index (χ4v) is 4.15.